The number of amides is 1. The van der Waals surface area contributed by atoms with E-state index in [2.05, 4.69) is 70.3 Å². The second-order valence-corrected chi connectivity index (χ2v) is 8.30. The monoisotopic (exact) mass is 409 g/mol. The highest BCUT2D eigenvalue weighted by molar-refractivity contribution is 5.74. The Bertz CT molecular complexity index is 931. The fourth-order valence-corrected chi connectivity index (χ4v) is 4.02. The fraction of sp³-hybridized carbons (Fsp3) is 0.455. The molecular weight excluding hydrogens is 378 g/mol. The predicted octanol–water partition coefficient (Wildman–Crippen LogP) is 1.81. The van der Waals surface area contributed by atoms with Crippen molar-refractivity contribution in [2.45, 2.75) is 26.1 Å². The van der Waals surface area contributed by atoms with Crippen LogP contribution in [-0.4, -0.2) is 77.4 Å². The van der Waals surface area contributed by atoms with Crippen molar-refractivity contribution >= 4 is 11.6 Å². The molecular formula is C22H31N7O. The van der Waals surface area contributed by atoms with Gasteiger partial charge in [0, 0.05) is 68.7 Å². The van der Waals surface area contributed by atoms with Crippen molar-refractivity contribution in [3.05, 3.63) is 47.9 Å². The highest BCUT2D eigenvalue weighted by Gasteiger charge is 2.33. The molecule has 8 heteroatoms. The van der Waals surface area contributed by atoms with Crippen LogP contribution in [0.5, 0.6) is 0 Å². The van der Waals surface area contributed by atoms with Crippen molar-refractivity contribution in [3.8, 4) is 11.1 Å². The van der Waals surface area contributed by atoms with E-state index < -0.39 is 0 Å². The van der Waals surface area contributed by atoms with Crippen LogP contribution in [0.3, 0.4) is 0 Å². The smallest absolute Gasteiger partial charge is 0.219 e. The number of hydrogen-bond donors (Lipinski definition) is 2. The highest BCUT2D eigenvalue weighted by Crippen LogP contribution is 2.29. The Kier molecular flexibility index (Phi) is 5.78. The largest absolute Gasteiger partial charge is 0.365 e. The zero-order valence-electron chi connectivity index (χ0n) is 18.2. The van der Waals surface area contributed by atoms with E-state index in [1.54, 1.807) is 6.92 Å². The number of hydrogen-bond acceptors (Lipinski definition) is 6. The third-order valence-electron chi connectivity index (χ3n) is 5.81. The van der Waals surface area contributed by atoms with Gasteiger partial charge in [0.1, 0.15) is 6.17 Å². The fourth-order valence-electron chi connectivity index (χ4n) is 4.02. The molecule has 0 fully saturated rings. The molecule has 0 saturated carbocycles. The highest BCUT2D eigenvalue weighted by atomic mass is 16.2. The van der Waals surface area contributed by atoms with Gasteiger partial charge in [-0.25, -0.2) is 5.43 Å². The summed E-state index contributed by atoms with van der Waals surface area (Å²) < 4.78 is 1.98. The van der Waals surface area contributed by atoms with Gasteiger partial charge in [-0.2, -0.15) is 5.10 Å². The molecule has 1 amide bonds. The van der Waals surface area contributed by atoms with Gasteiger partial charge >= 0.3 is 0 Å². The standard InChI is InChI=1S/C22H31N7O/c1-16(30)28-10-9-21-20(15-28)22(25-27(21)4)24-19-7-5-17(6-8-19)18-13-23-29(14-18)12-11-26(2)3/h5-8,13-14,22,24-25H,9-12,15H2,1-4H3. The molecule has 1 unspecified atom stereocenters. The van der Waals surface area contributed by atoms with Gasteiger partial charge in [-0.3, -0.25) is 9.48 Å². The number of benzene rings is 1. The van der Waals surface area contributed by atoms with E-state index in [0.29, 0.717) is 6.54 Å². The topological polar surface area (TPSA) is 68.7 Å². The van der Waals surface area contributed by atoms with Crippen molar-refractivity contribution in [2.24, 2.45) is 0 Å². The van der Waals surface area contributed by atoms with Gasteiger partial charge in [-0.15, -0.1) is 0 Å². The number of carbonyl (C=O) groups is 1. The number of rotatable bonds is 6. The van der Waals surface area contributed by atoms with Crippen molar-refractivity contribution in [2.75, 3.05) is 46.1 Å². The number of aromatic nitrogens is 2. The van der Waals surface area contributed by atoms with Crippen molar-refractivity contribution in [3.63, 3.8) is 0 Å². The summed E-state index contributed by atoms with van der Waals surface area (Å²) in [6.45, 7) is 4.93. The molecule has 0 bridgehead atoms. The Balaban J connectivity index is 1.43. The van der Waals surface area contributed by atoms with Crippen molar-refractivity contribution in [1.29, 1.82) is 0 Å². The summed E-state index contributed by atoms with van der Waals surface area (Å²) in [6.07, 6.45) is 4.88. The Morgan fingerprint density at radius 3 is 2.73 bits per heavy atom. The molecule has 160 valence electrons. The Morgan fingerprint density at radius 2 is 2.03 bits per heavy atom. The summed E-state index contributed by atoms with van der Waals surface area (Å²) >= 11 is 0. The molecule has 0 spiro atoms. The van der Waals surface area contributed by atoms with Crippen LogP contribution in [0.1, 0.15) is 13.3 Å². The lowest BCUT2D eigenvalue weighted by Crippen LogP contribution is -2.41. The summed E-state index contributed by atoms with van der Waals surface area (Å²) in [4.78, 5) is 15.9. The molecule has 3 heterocycles. The average Bonchev–Trinajstić information content (AvgIpc) is 3.32. The first kappa shape index (κ1) is 20.4. The second-order valence-electron chi connectivity index (χ2n) is 8.30. The molecule has 2 aliphatic heterocycles. The normalized spacial score (nSPS) is 18.9. The molecule has 30 heavy (non-hydrogen) atoms. The van der Waals surface area contributed by atoms with Crippen LogP contribution in [0.15, 0.2) is 47.9 Å². The summed E-state index contributed by atoms with van der Waals surface area (Å²) in [5, 5.41) is 10.1. The van der Waals surface area contributed by atoms with E-state index in [0.717, 1.165) is 42.9 Å². The second kappa shape index (κ2) is 8.49. The van der Waals surface area contributed by atoms with E-state index in [1.807, 2.05) is 22.8 Å². The molecule has 0 aliphatic carbocycles. The van der Waals surface area contributed by atoms with E-state index in [-0.39, 0.29) is 12.1 Å². The van der Waals surface area contributed by atoms with Crippen LogP contribution >= 0.6 is 0 Å². The van der Waals surface area contributed by atoms with Gasteiger partial charge in [-0.1, -0.05) is 12.1 Å². The molecule has 1 atom stereocenters. The van der Waals surface area contributed by atoms with Crippen LogP contribution in [-0.2, 0) is 11.3 Å². The zero-order valence-corrected chi connectivity index (χ0v) is 18.2. The zero-order chi connectivity index (χ0) is 21.3. The third-order valence-corrected chi connectivity index (χ3v) is 5.81. The molecule has 1 aromatic heterocycles. The Labute approximate surface area is 178 Å². The van der Waals surface area contributed by atoms with E-state index in [4.69, 9.17) is 0 Å². The molecule has 2 aliphatic rings. The van der Waals surface area contributed by atoms with E-state index >= 15 is 0 Å². The third kappa shape index (κ3) is 4.34. The maximum absolute atomic E-state index is 11.8. The van der Waals surface area contributed by atoms with Crippen LogP contribution in [0.25, 0.3) is 11.1 Å². The van der Waals surface area contributed by atoms with Crippen LogP contribution in [0.4, 0.5) is 5.69 Å². The lowest BCUT2D eigenvalue weighted by molar-refractivity contribution is -0.128. The van der Waals surface area contributed by atoms with Crippen molar-refractivity contribution in [1.82, 2.24) is 30.0 Å². The first-order valence-electron chi connectivity index (χ1n) is 10.4. The summed E-state index contributed by atoms with van der Waals surface area (Å²) in [5.41, 5.74) is 9.30. The lowest BCUT2D eigenvalue weighted by atomic mass is 10.0. The quantitative estimate of drug-likeness (QED) is 0.759. The van der Waals surface area contributed by atoms with E-state index in [1.165, 1.54) is 11.3 Å². The lowest BCUT2D eigenvalue weighted by Gasteiger charge is -2.29. The minimum atomic E-state index is -0.00761. The molecule has 0 radical (unpaired) electrons. The van der Waals surface area contributed by atoms with Gasteiger partial charge in [0.2, 0.25) is 5.91 Å². The van der Waals surface area contributed by atoms with Crippen LogP contribution in [0.2, 0.25) is 0 Å². The minimum Gasteiger partial charge on any atom is -0.365 e. The first-order chi connectivity index (χ1) is 14.4. The maximum Gasteiger partial charge on any atom is 0.219 e. The molecule has 2 aromatic rings. The number of anilines is 1. The minimum absolute atomic E-state index is 0.00761. The van der Waals surface area contributed by atoms with Gasteiger partial charge < -0.3 is 20.1 Å². The van der Waals surface area contributed by atoms with Gasteiger partial charge in [-0.05, 0) is 31.8 Å². The summed E-state index contributed by atoms with van der Waals surface area (Å²) in [7, 11) is 6.17. The van der Waals surface area contributed by atoms with Crippen LogP contribution in [0, 0.1) is 0 Å². The number of nitrogens with zero attached hydrogens (tertiary/aromatic N) is 5. The molecule has 4 rings (SSSR count). The molecule has 1 aromatic carbocycles. The van der Waals surface area contributed by atoms with Gasteiger partial charge in [0.25, 0.3) is 0 Å². The van der Waals surface area contributed by atoms with E-state index in [9.17, 15) is 4.79 Å². The number of nitrogens with one attached hydrogen (secondary N) is 2. The Hall–Kier alpha value is -2.84. The SMILES string of the molecule is CC(=O)N1CCC2=C(C1)C(Nc1ccc(-c3cnn(CCN(C)C)c3)cc1)NN2C. The van der Waals surface area contributed by atoms with Crippen molar-refractivity contribution < 1.29 is 4.79 Å². The average molecular weight is 410 g/mol. The van der Waals surface area contributed by atoms with Gasteiger partial charge in [0.15, 0.2) is 0 Å². The number of hydrazine groups is 1. The predicted molar refractivity (Wildman–Crippen MR) is 118 cm³/mol. The van der Waals surface area contributed by atoms with Gasteiger partial charge in [0.05, 0.1) is 12.7 Å². The molecule has 2 N–H and O–H groups in total. The summed E-state index contributed by atoms with van der Waals surface area (Å²) in [6, 6.07) is 8.43. The molecule has 0 saturated heterocycles. The number of likely N-dealkylation sites (N-methyl/N-ethyl adjacent to an activating group) is 1. The number of carbonyl (C=O) groups excluding carboxylic acids is 1. The summed E-state index contributed by atoms with van der Waals surface area (Å²) in [5.74, 6) is 0.130. The van der Waals surface area contributed by atoms with Crippen LogP contribution < -0.4 is 10.7 Å². The molecule has 8 nitrogen and oxygen atoms in total. The Morgan fingerprint density at radius 1 is 1.27 bits per heavy atom. The first-order valence-corrected chi connectivity index (χ1v) is 10.4. The maximum atomic E-state index is 11.8.